The van der Waals surface area contributed by atoms with Crippen LogP contribution in [0.15, 0.2) is 18.2 Å². The van der Waals surface area contributed by atoms with Gasteiger partial charge in [-0.05, 0) is 42.4 Å². The van der Waals surface area contributed by atoms with Crippen LogP contribution >= 0.6 is 15.9 Å². The normalized spacial score (nSPS) is 22.1. The first-order valence-electron chi connectivity index (χ1n) is 5.15. The van der Waals surface area contributed by atoms with Gasteiger partial charge < -0.3 is 0 Å². The third-order valence-corrected chi connectivity index (χ3v) is 4.37. The van der Waals surface area contributed by atoms with Gasteiger partial charge in [0.1, 0.15) is 5.82 Å². The fourth-order valence-corrected chi connectivity index (χ4v) is 2.85. The standard InChI is InChI=1S/C12H14BrF/c1-2-11(13)9-6-7-10-8(9)4-3-5-12(10)14/h3-5,9,11H,2,6-7H2,1H3. The molecule has 0 aliphatic heterocycles. The Labute approximate surface area is 92.6 Å². The van der Waals surface area contributed by atoms with Gasteiger partial charge in [-0.3, -0.25) is 0 Å². The van der Waals surface area contributed by atoms with Gasteiger partial charge in [-0.15, -0.1) is 0 Å². The molecule has 1 aliphatic rings. The minimum Gasteiger partial charge on any atom is -0.207 e. The van der Waals surface area contributed by atoms with E-state index in [4.69, 9.17) is 0 Å². The topological polar surface area (TPSA) is 0 Å². The lowest BCUT2D eigenvalue weighted by atomic mass is 9.96. The minimum absolute atomic E-state index is 0.0270. The van der Waals surface area contributed by atoms with Crippen molar-refractivity contribution in [3.63, 3.8) is 0 Å². The quantitative estimate of drug-likeness (QED) is 0.702. The monoisotopic (exact) mass is 256 g/mol. The Kier molecular flexibility index (Phi) is 2.91. The third kappa shape index (κ3) is 1.60. The third-order valence-electron chi connectivity index (χ3n) is 3.09. The summed E-state index contributed by atoms with van der Waals surface area (Å²) in [5.74, 6) is 0.478. The molecule has 0 spiro atoms. The Hall–Kier alpha value is -0.370. The summed E-state index contributed by atoms with van der Waals surface area (Å²) in [6, 6.07) is 5.46. The van der Waals surface area contributed by atoms with Crippen LogP contribution in [-0.2, 0) is 6.42 Å². The molecule has 76 valence electrons. The molecule has 2 heteroatoms. The van der Waals surface area contributed by atoms with Gasteiger partial charge in [0, 0.05) is 4.83 Å². The molecule has 0 saturated carbocycles. The second-order valence-electron chi connectivity index (χ2n) is 3.88. The highest BCUT2D eigenvalue weighted by Crippen LogP contribution is 2.40. The first kappa shape index (κ1) is 10.2. The molecule has 1 aliphatic carbocycles. The van der Waals surface area contributed by atoms with E-state index in [2.05, 4.69) is 28.9 Å². The van der Waals surface area contributed by atoms with Crippen molar-refractivity contribution in [3.8, 4) is 0 Å². The average Bonchev–Trinajstić information content (AvgIpc) is 2.62. The van der Waals surface area contributed by atoms with E-state index in [1.807, 2.05) is 6.07 Å². The van der Waals surface area contributed by atoms with Gasteiger partial charge >= 0.3 is 0 Å². The van der Waals surface area contributed by atoms with E-state index in [1.165, 1.54) is 5.56 Å². The van der Waals surface area contributed by atoms with Crippen molar-refractivity contribution in [2.45, 2.75) is 36.9 Å². The SMILES string of the molecule is CCC(Br)C1CCc2c(F)cccc21. The molecule has 14 heavy (non-hydrogen) atoms. The van der Waals surface area contributed by atoms with Gasteiger partial charge in [-0.25, -0.2) is 4.39 Å². The van der Waals surface area contributed by atoms with Crippen molar-refractivity contribution < 1.29 is 4.39 Å². The van der Waals surface area contributed by atoms with Crippen LogP contribution in [0.25, 0.3) is 0 Å². The van der Waals surface area contributed by atoms with Crippen molar-refractivity contribution in [2.24, 2.45) is 0 Å². The lowest BCUT2D eigenvalue weighted by Gasteiger charge is -2.16. The van der Waals surface area contributed by atoms with E-state index >= 15 is 0 Å². The highest BCUT2D eigenvalue weighted by molar-refractivity contribution is 9.09. The molecule has 2 rings (SSSR count). The highest BCUT2D eigenvalue weighted by atomic mass is 79.9. The molecule has 0 nitrogen and oxygen atoms in total. The van der Waals surface area contributed by atoms with Crippen LogP contribution < -0.4 is 0 Å². The second-order valence-corrected chi connectivity index (χ2v) is 5.05. The second kappa shape index (κ2) is 4.01. The fraction of sp³-hybridized carbons (Fsp3) is 0.500. The van der Waals surface area contributed by atoms with Crippen LogP contribution in [0.5, 0.6) is 0 Å². The lowest BCUT2D eigenvalue weighted by molar-refractivity contribution is 0.611. The van der Waals surface area contributed by atoms with E-state index in [0.29, 0.717) is 10.7 Å². The van der Waals surface area contributed by atoms with Gasteiger partial charge in [-0.1, -0.05) is 35.0 Å². The number of benzene rings is 1. The maximum atomic E-state index is 13.4. The van der Waals surface area contributed by atoms with Gasteiger partial charge in [0.25, 0.3) is 0 Å². The zero-order valence-corrected chi connectivity index (χ0v) is 9.85. The number of hydrogen-bond acceptors (Lipinski definition) is 0. The van der Waals surface area contributed by atoms with Gasteiger partial charge in [0.05, 0.1) is 0 Å². The summed E-state index contributed by atoms with van der Waals surface area (Å²) in [5, 5.41) is 0. The maximum Gasteiger partial charge on any atom is 0.126 e. The number of halogens is 2. The Morgan fingerprint density at radius 2 is 2.36 bits per heavy atom. The van der Waals surface area contributed by atoms with E-state index in [9.17, 15) is 4.39 Å². The molecular formula is C12H14BrF. The van der Waals surface area contributed by atoms with Crippen LogP contribution in [0.2, 0.25) is 0 Å². The van der Waals surface area contributed by atoms with Crippen LogP contribution in [0.4, 0.5) is 4.39 Å². The first-order valence-corrected chi connectivity index (χ1v) is 6.07. The summed E-state index contributed by atoms with van der Waals surface area (Å²) in [4.78, 5) is 0.491. The molecule has 0 amide bonds. The molecule has 0 heterocycles. The van der Waals surface area contributed by atoms with Crippen molar-refractivity contribution in [3.05, 3.63) is 35.1 Å². The van der Waals surface area contributed by atoms with Gasteiger partial charge in [0.2, 0.25) is 0 Å². The molecular weight excluding hydrogens is 243 g/mol. The van der Waals surface area contributed by atoms with Gasteiger partial charge in [-0.2, -0.15) is 0 Å². The lowest BCUT2D eigenvalue weighted by Crippen LogP contribution is -2.08. The van der Waals surface area contributed by atoms with E-state index in [1.54, 1.807) is 6.07 Å². The van der Waals surface area contributed by atoms with Crippen molar-refractivity contribution in [1.82, 2.24) is 0 Å². The molecule has 0 radical (unpaired) electrons. The molecule has 1 aromatic rings. The highest BCUT2D eigenvalue weighted by Gasteiger charge is 2.28. The molecule has 0 bridgehead atoms. The predicted molar refractivity (Wildman–Crippen MR) is 60.5 cm³/mol. The van der Waals surface area contributed by atoms with Crippen LogP contribution in [0.1, 0.15) is 36.8 Å². The summed E-state index contributed by atoms with van der Waals surface area (Å²) in [6.45, 7) is 2.16. The zero-order chi connectivity index (χ0) is 10.1. The zero-order valence-electron chi connectivity index (χ0n) is 8.26. The van der Waals surface area contributed by atoms with Crippen LogP contribution in [-0.4, -0.2) is 4.83 Å². The number of alkyl halides is 1. The molecule has 0 fully saturated rings. The summed E-state index contributed by atoms with van der Waals surface area (Å²) >= 11 is 3.68. The van der Waals surface area contributed by atoms with Crippen molar-refractivity contribution in [2.75, 3.05) is 0 Å². The molecule has 2 atom stereocenters. The number of fused-ring (bicyclic) bond motifs is 1. The molecule has 1 aromatic carbocycles. The summed E-state index contributed by atoms with van der Waals surface area (Å²) in [6.07, 6.45) is 3.08. The van der Waals surface area contributed by atoms with Gasteiger partial charge in [0.15, 0.2) is 0 Å². The van der Waals surface area contributed by atoms with Crippen molar-refractivity contribution >= 4 is 15.9 Å². The Morgan fingerprint density at radius 1 is 1.57 bits per heavy atom. The number of hydrogen-bond donors (Lipinski definition) is 0. The van der Waals surface area contributed by atoms with E-state index in [0.717, 1.165) is 24.8 Å². The maximum absolute atomic E-state index is 13.4. The molecule has 0 saturated heterocycles. The minimum atomic E-state index is -0.0270. The van der Waals surface area contributed by atoms with Crippen LogP contribution in [0, 0.1) is 5.82 Å². The largest absolute Gasteiger partial charge is 0.207 e. The molecule has 2 unspecified atom stereocenters. The Morgan fingerprint density at radius 3 is 3.07 bits per heavy atom. The van der Waals surface area contributed by atoms with Crippen molar-refractivity contribution in [1.29, 1.82) is 0 Å². The summed E-state index contributed by atoms with van der Waals surface area (Å²) in [7, 11) is 0. The Bertz CT molecular complexity index is 335. The average molecular weight is 257 g/mol. The van der Waals surface area contributed by atoms with E-state index in [-0.39, 0.29) is 5.82 Å². The van der Waals surface area contributed by atoms with E-state index < -0.39 is 0 Å². The smallest absolute Gasteiger partial charge is 0.126 e. The predicted octanol–water partition coefficient (Wildman–Crippen LogP) is 4.03. The number of rotatable bonds is 2. The first-order chi connectivity index (χ1) is 6.74. The molecule has 0 aromatic heterocycles. The van der Waals surface area contributed by atoms with Crippen LogP contribution in [0.3, 0.4) is 0 Å². The summed E-state index contributed by atoms with van der Waals surface area (Å²) in [5.41, 5.74) is 2.16. The summed E-state index contributed by atoms with van der Waals surface area (Å²) < 4.78 is 13.4. The molecule has 0 N–H and O–H groups in total. The fourth-order valence-electron chi connectivity index (χ4n) is 2.30. The Balaban J connectivity index is 2.35.